The van der Waals surface area contributed by atoms with Gasteiger partial charge < -0.3 is 15.2 Å². The van der Waals surface area contributed by atoms with Gasteiger partial charge in [-0.15, -0.1) is 0 Å². The van der Waals surface area contributed by atoms with E-state index in [1.54, 1.807) is 0 Å². The number of nitrogens with one attached hydrogen (secondary N) is 2. The Morgan fingerprint density at radius 3 is 2.91 bits per heavy atom. The first-order valence-corrected chi connectivity index (χ1v) is 8.86. The number of aromatic nitrogens is 2. The molecular formula is C16H22N4OS. The molecule has 0 unspecified atom stereocenters. The Morgan fingerprint density at radius 2 is 2.14 bits per heavy atom. The van der Waals surface area contributed by atoms with Crippen molar-refractivity contribution in [1.29, 1.82) is 0 Å². The van der Waals surface area contributed by atoms with Crippen LogP contribution in [0.15, 0.2) is 12.1 Å². The average molecular weight is 318 g/mol. The summed E-state index contributed by atoms with van der Waals surface area (Å²) in [6, 6.07) is 4.22. The zero-order chi connectivity index (χ0) is 15.5. The highest BCUT2D eigenvalue weighted by molar-refractivity contribution is 7.99. The van der Waals surface area contributed by atoms with E-state index in [1.807, 2.05) is 16.7 Å². The smallest absolute Gasteiger partial charge is 0.317 e. The van der Waals surface area contributed by atoms with Gasteiger partial charge in [-0.2, -0.15) is 11.8 Å². The van der Waals surface area contributed by atoms with Crippen LogP contribution in [0.5, 0.6) is 0 Å². The number of amides is 2. The molecule has 1 saturated heterocycles. The molecule has 22 heavy (non-hydrogen) atoms. The van der Waals surface area contributed by atoms with E-state index in [1.165, 1.54) is 11.1 Å². The SMILES string of the molecule is Cc1ccc2[nH]c(CCNC(=O)N3CCSCC3)nc2c1C. The predicted octanol–water partition coefficient (Wildman–Crippen LogP) is 2.48. The van der Waals surface area contributed by atoms with Crippen molar-refractivity contribution in [1.82, 2.24) is 20.2 Å². The minimum absolute atomic E-state index is 0.0448. The van der Waals surface area contributed by atoms with Gasteiger partial charge in [-0.05, 0) is 31.0 Å². The van der Waals surface area contributed by atoms with Crippen molar-refractivity contribution < 1.29 is 4.79 Å². The first-order chi connectivity index (χ1) is 10.6. The molecule has 6 heteroatoms. The van der Waals surface area contributed by atoms with Crippen LogP contribution in [0.1, 0.15) is 17.0 Å². The molecule has 3 rings (SSSR count). The number of hydrogen-bond acceptors (Lipinski definition) is 3. The maximum Gasteiger partial charge on any atom is 0.317 e. The summed E-state index contributed by atoms with van der Waals surface area (Å²) in [6.07, 6.45) is 0.724. The molecule has 2 amide bonds. The van der Waals surface area contributed by atoms with Gasteiger partial charge >= 0.3 is 6.03 Å². The van der Waals surface area contributed by atoms with E-state index in [4.69, 9.17) is 0 Å². The summed E-state index contributed by atoms with van der Waals surface area (Å²) >= 11 is 1.90. The summed E-state index contributed by atoms with van der Waals surface area (Å²) in [7, 11) is 0. The number of hydrogen-bond donors (Lipinski definition) is 2. The van der Waals surface area contributed by atoms with Gasteiger partial charge in [-0.25, -0.2) is 9.78 Å². The van der Waals surface area contributed by atoms with Crippen molar-refractivity contribution in [3.63, 3.8) is 0 Å². The van der Waals surface area contributed by atoms with E-state index in [9.17, 15) is 4.79 Å². The van der Waals surface area contributed by atoms with E-state index >= 15 is 0 Å². The molecule has 0 radical (unpaired) electrons. The van der Waals surface area contributed by atoms with Crippen molar-refractivity contribution in [2.45, 2.75) is 20.3 Å². The van der Waals surface area contributed by atoms with Gasteiger partial charge in [0.05, 0.1) is 11.0 Å². The Balaban J connectivity index is 1.57. The number of carbonyl (C=O) groups is 1. The largest absolute Gasteiger partial charge is 0.342 e. The number of thioether (sulfide) groups is 1. The van der Waals surface area contributed by atoms with Crippen molar-refractivity contribution >= 4 is 28.8 Å². The number of fused-ring (bicyclic) bond motifs is 1. The summed E-state index contributed by atoms with van der Waals surface area (Å²) in [4.78, 5) is 21.9. The predicted molar refractivity (Wildman–Crippen MR) is 91.6 cm³/mol. The first kappa shape index (κ1) is 15.2. The van der Waals surface area contributed by atoms with Gasteiger partial charge in [-0.1, -0.05) is 6.07 Å². The van der Waals surface area contributed by atoms with Crippen LogP contribution >= 0.6 is 11.8 Å². The second-order valence-corrected chi connectivity index (χ2v) is 6.89. The summed E-state index contributed by atoms with van der Waals surface area (Å²) in [5.74, 6) is 3.00. The van der Waals surface area contributed by atoms with Gasteiger partial charge in [0, 0.05) is 37.6 Å². The van der Waals surface area contributed by atoms with Crippen LogP contribution in [0.25, 0.3) is 11.0 Å². The molecule has 1 fully saturated rings. The topological polar surface area (TPSA) is 61.0 Å². The number of carbonyl (C=O) groups excluding carboxylic acids is 1. The number of imidazole rings is 1. The van der Waals surface area contributed by atoms with E-state index in [-0.39, 0.29) is 6.03 Å². The quantitative estimate of drug-likeness (QED) is 0.914. The van der Waals surface area contributed by atoms with Gasteiger partial charge in [0.1, 0.15) is 5.82 Å². The highest BCUT2D eigenvalue weighted by Crippen LogP contribution is 2.19. The molecule has 1 aromatic carbocycles. The summed E-state index contributed by atoms with van der Waals surface area (Å²) in [5, 5.41) is 2.99. The number of benzene rings is 1. The number of nitrogens with zero attached hydrogens (tertiary/aromatic N) is 2. The van der Waals surface area contributed by atoms with Crippen LogP contribution in [-0.2, 0) is 6.42 Å². The first-order valence-electron chi connectivity index (χ1n) is 7.70. The Kier molecular flexibility index (Phi) is 4.57. The van der Waals surface area contributed by atoms with E-state index < -0.39 is 0 Å². The zero-order valence-corrected chi connectivity index (χ0v) is 13.9. The minimum Gasteiger partial charge on any atom is -0.342 e. The van der Waals surface area contributed by atoms with E-state index in [2.05, 4.69) is 41.3 Å². The molecule has 1 aromatic heterocycles. The molecule has 2 N–H and O–H groups in total. The minimum atomic E-state index is 0.0448. The third-order valence-corrected chi connectivity index (χ3v) is 5.11. The van der Waals surface area contributed by atoms with Crippen LogP contribution in [0, 0.1) is 13.8 Å². The second kappa shape index (κ2) is 6.60. The molecule has 2 aromatic rings. The van der Waals surface area contributed by atoms with Crippen molar-refractivity contribution in [2.75, 3.05) is 31.1 Å². The lowest BCUT2D eigenvalue weighted by molar-refractivity contribution is 0.203. The Bertz CT molecular complexity index is 676. The monoisotopic (exact) mass is 318 g/mol. The standard InChI is InChI=1S/C16H22N4OS/c1-11-3-4-13-15(12(11)2)19-14(18-13)5-6-17-16(21)20-7-9-22-10-8-20/h3-4H,5-10H2,1-2H3,(H,17,21)(H,18,19). The fraction of sp³-hybridized carbons (Fsp3) is 0.500. The Labute approximate surface area is 134 Å². The van der Waals surface area contributed by atoms with Crippen molar-refractivity contribution in [3.05, 3.63) is 29.1 Å². The van der Waals surface area contributed by atoms with E-state index in [0.717, 1.165) is 47.9 Å². The molecule has 0 aliphatic carbocycles. The fourth-order valence-corrected chi connectivity index (χ4v) is 3.55. The van der Waals surface area contributed by atoms with Crippen LogP contribution < -0.4 is 5.32 Å². The highest BCUT2D eigenvalue weighted by atomic mass is 32.2. The molecule has 5 nitrogen and oxygen atoms in total. The third kappa shape index (κ3) is 3.21. The van der Waals surface area contributed by atoms with Crippen LogP contribution in [-0.4, -0.2) is 52.0 Å². The maximum atomic E-state index is 12.0. The Morgan fingerprint density at radius 1 is 1.36 bits per heavy atom. The number of aromatic amines is 1. The number of H-pyrrole nitrogens is 1. The summed E-state index contributed by atoms with van der Waals surface area (Å²) < 4.78 is 0. The zero-order valence-electron chi connectivity index (χ0n) is 13.1. The molecule has 0 saturated carbocycles. The molecule has 1 aliphatic heterocycles. The average Bonchev–Trinajstić information content (AvgIpc) is 2.95. The van der Waals surface area contributed by atoms with Gasteiger partial charge in [0.15, 0.2) is 0 Å². The van der Waals surface area contributed by atoms with Crippen LogP contribution in [0.3, 0.4) is 0 Å². The highest BCUT2D eigenvalue weighted by Gasteiger charge is 2.16. The molecule has 0 bridgehead atoms. The fourth-order valence-electron chi connectivity index (χ4n) is 2.65. The van der Waals surface area contributed by atoms with Gasteiger partial charge in [-0.3, -0.25) is 0 Å². The van der Waals surface area contributed by atoms with Gasteiger partial charge in [0.2, 0.25) is 0 Å². The summed E-state index contributed by atoms with van der Waals surface area (Å²) in [5.41, 5.74) is 4.57. The van der Waals surface area contributed by atoms with Crippen LogP contribution in [0.4, 0.5) is 4.79 Å². The maximum absolute atomic E-state index is 12.0. The molecular weight excluding hydrogens is 296 g/mol. The van der Waals surface area contributed by atoms with Crippen molar-refractivity contribution in [2.24, 2.45) is 0 Å². The normalized spacial score (nSPS) is 15.3. The summed E-state index contributed by atoms with van der Waals surface area (Å²) in [6.45, 7) is 6.50. The molecule has 0 atom stereocenters. The molecule has 2 heterocycles. The van der Waals surface area contributed by atoms with Crippen molar-refractivity contribution in [3.8, 4) is 0 Å². The molecule has 1 aliphatic rings. The molecule has 118 valence electrons. The number of urea groups is 1. The lowest BCUT2D eigenvalue weighted by Crippen LogP contribution is -2.44. The second-order valence-electron chi connectivity index (χ2n) is 5.67. The lowest BCUT2D eigenvalue weighted by atomic mass is 10.1. The number of aryl methyl sites for hydroxylation is 2. The lowest BCUT2D eigenvalue weighted by Gasteiger charge is -2.26. The molecule has 0 spiro atoms. The Hall–Kier alpha value is -1.69. The number of rotatable bonds is 3. The van der Waals surface area contributed by atoms with Crippen LogP contribution in [0.2, 0.25) is 0 Å². The van der Waals surface area contributed by atoms with Gasteiger partial charge in [0.25, 0.3) is 0 Å². The third-order valence-electron chi connectivity index (χ3n) is 4.16. The van der Waals surface area contributed by atoms with E-state index in [0.29, 0.717) is 6.54 Å².